The normalized spacial score (nSPS) is 11.7. The molecule has 7 heteroatoms. The van der Waals surface area contributed by atoms with E-state index in [4.69, 9.17) is 11.6 Å². The van der Waals surface area contributed by atoms with Crippen LogP contribution in [0.5, 0.6) is 0 Å². The Morgan fingerprint density at radius 2 is 1.71 bits per heavy atom. The van der Waals surface area contributed by atoms with Crippen LogP contribution in [0, 0.1) is 13.8 Å². The number of imidazole rings is 1. The third-order valence-corrected chi connectivity index (χ3v) is 6.34. The molecule has 0 spiro atoms. The minimum atomic E-state index is -0.133. The zero-order chi connectivity index (χ0) is 23.8. The summed E-state index contributed by atoms with van der Waals surface area (Å²) in [6.45, 7) is 8.77. The fourth-order valence-corrected chi connectivity index (χ4v) is 4.68. The number of hydrogen-bond donors (Lipinski definition) is 0. The van der Waals surface area contributed by atoms with Crippen LogP contribution in [-0.2, 0) is 13.1 Å². The first-order valence-corrected chi connectivity index (χ1v) is 11.4. The smallest absolute Gasteiger partial charge is 0.191 e. The van der Waals surface area contributed by atoms with E-state index in [1.807, 2.05) is 79.0 Å². The number of allylic oxidation sites excluding steroid dienone is 2. The van der Waals surface area contributed by atoms with Crippen molar-refractivity contribution in [3.63, 3.8) is 0 Å². The Hall–Kier alpha value is -3.90. The molecular formula is C27H24ClN5O. The molecule has 34 heavy (non-hydrogen) atoms. The average Bonchev–Trinajstić information content (AvgIpc) is 3.42. The summed E-state index contributed by atoms with van der Waals surface area (Å²) in [5.41, 5.74) is 6.56. The number of nitrogens with zero attached hydrogens (tertiary/aromatic N) is 5. The predicted octanol–water partition coefficient (Wildman–Crippen LogP) is 5.89. The van der Waals surface area contributed by atoms with Crippen LogP contribution in [0.1, 0.15) is 32.9 Å². The van der Waals surface area contributed by atoms with E-state index >= 15 is 0 Å². The molecule has 5 rings (SSSR count). The van der Waals surface area contributed by atoms with E-state index < -0.39 is 0 Å². The Morgan fingerprint density at radius 1 is 1.00 bits per heavy atom. The van der Waals surface area contributed by atoms with Gasteiger partial charge in [-0.25, -0.2) is 9.20 Å². The van der Waals surface area contributed by atoms with Crippen molar-refractivity contribution in [1.29, 1.82) is 0 Å². The zero-order valence-corrected chi connectivity index (χ0v) is 19.8. The SMILES string of the molecule is C=CCn1c2ccccc2n2nc(C)c(C(=O)C=Cc3c(C)nn(Cc4ccccc4)c3Cl)c12. The molecule has 0 aliphatic rings. The highest BCUT2D eigenvalue weighted by Crippen LogP contribution is 2.27. The van der Waals surface area contributed by atoms with Crippen LogP contribution in [0.25, 0.3) is 22.8 Å². The van der Waals surface area contributed by atoms with Crippen LogP contribution in [-0.4, -0.2) is 29.7 Å². The van der Waals surface area contributed by atoms with Crippen molar-refractivity contribution >= 4 is 40.1 Å². The summed E-state index contributed by atoms with van der Waals surface area (Å²) in [7, 11) is 0. The molecule has 3 heterocycles. The van der Waals surface area contributed by atoms with E-state index in [1.165, 1.54) is 0 Å². The molecule has 3 aromatic heterocycles. The number of para-hydroxylation sites is 2. The van der Waals surface area contributed by atoms with Crippen molar-refractivity contribution in [3.05, 3.63) is 107 Å². The molecule has 0 atom stereocenters. The van der Waals surface area contributed by atoms with Gasteiger partial charge in [0.15, 0.2) is 5.78 Å². The van der Waals surface area contributed by atoms with Crippen molar-refractivity contribution in [2.45, 2.75) is 26.9 Å². The Morgan fingerprint density at radius 3 is 2.44 bits per heavy atom. The summed E-state index contributed by atoms with van der Waals surface area (Å²) in [4.78, 5) is 13.4. The lowest BCUT2D eigenvalue weighted by molar-refractivity contribution is 0.104. The number of carbonyl (C=O) groups excluding carboxylic acids is 1. The monoisotopic (exact) mass is 469 g/mol. The minimum Gasteiger partial charge on any atom is -0.320 e. The molecule has 0 aliphatic heterocycles. The fourth-order valence-electron chi connectivity index (χ4n) is 4.38. The fraction of sp³-hybridized carbons (Fsp3) is 0.148. The number of carbonyl (C=O) groups is 1. The quantitative estimate of drug-likeness (QED) is 0.170. The average molecular weight is 470 g/mol. The zero-order valence-electron chi connectivity index (χ0n) is 19.1. The molecule has 170 valence electrons. The second kappa shape index (κ2) is 8.80. The molecule has 0 N–H and O–H groups in total. The van der Waals surface area contributed by atoms with Crippen molar-refractivity contribution in [2.75, 3.05) is 0 Å². The van der Waals surface area contributed by atoms with Crippen molar-refractivity contribution in [2.24, 2.45) is 0 Å². The highest BCUT2D eigenvalue weighted by molar-refractivity contribution is 6.31. The number of halogens is 1. The van der Waals surface area contributed by atoms with E-state index in [-0.39, 0.29) is 5.78 Å². The molecule has 2 aromatic carbocycles. The molecule has 5 aromatic rings. The number of fused-ring (bicyclic) bond motifs is 3. The lowest BCUT2D eigenvalue weighted by Crippen LogP contribution is -2.02. The first-order chi connectivity index (χ1) is 16.5. The molecular weight excluding hydrogens is 446 g/mol. The summed E-state index contributed by atoms with van der Waals surface area (Å²) < 4.78 is 5.66. The van der Waals surface area contributed by atoms with Gasteiger partial charge < -0.3 is 4.57 Å². The second-order valence-electron chi connectivity index (χ2n) is 8.21. The molecule has 0 amide bonds. The first-order valence-electron chi connectivity index (χ1n) is 11.1. The third kappa shape index (κ3) is 3.66. The standard InChI is InChI=1S/C27H24ClN5O/c1-4-16-31-22-12-8-9-13-23(22)33-27(31)25(19(3)30-33)24(34)15-14-21-18(2)29-32(26(21)28)17-20-10-6-5-7-11-20/h4-15H,1,16-17H2,2-3H3. The van der Waals surface area contributed by atoms with Crippen LogP contribution in [0.2, 0.25) is 5.15 Å². The molecule has 0 bridgehead atoms. The third-order valence-electron chi connectivity index (χ3n) is 5.94. The highest BCUT2D eigenvalue weighted by Gasteiger charge is 2.22. The van der Waals surface area contributed by atoms with Crippen LogP contribution >= 0.6 is 11.6 Å². The van der Waals surface area contributed by atoms with Gasteiger partial charge in [0, 0.05) is 12.1 Å². The van der Waals surface area contributed by atoms with Gasteiger partial charge in [-0.05, 0) is 43.7 Å². The predicted molar refractivity (Wildman–Crippen MR) is 137 cm³/mol. The van der Waals surface area contributed by atoms with Gasteiger partial charge in [0.2, 0.25) is 0 Å². The van der Waals surface area contributed by atoms with E-state index in [2.05, 4.69) is 21.3 Å². The van der Waals surface area contributed by atoms with E-state index in [0.29, 0.717) is 29.5 Å². The molecule has 0 saturated carbocycles. The van der Waals surface area contributed by atoms with Crippen molar-refractivity contribution in [1.82, 2.24) is 24.0 Å². The summed E-state index contributed by atoms with van der Waals surface area (Å²) in [6.07, 6.45) is 5.13. The first kappa shape index (κ1) is 21.9. The van der Waals surface area contributed by atoms with Gasteiger partial charge in [0.05, 0.1) is 34.5 Å². The topological polar surface area (TPSA) is 57.1 Å². The molecule has 0 unspecified atom stereocenters. The summed E-state index contributed by atoms with van der Waals surface area (Å²) >= 11 is 6.64. The number of aryl methyl sites for hydroxylation is 2. The number of ketones is 1. The Balaban J connectivity index is 1.53. The molecule has 6 nitrogen and oxygen atoms in total. The summed E-state index contributed by atoms with van der Waals surface area (Å²) in [5.74, 6) is -0.133. The van der Waals surface area contributed by atoms with Crippen molar-refractivity contribution in [3.8, 4) is 0 Å². The summed E-state index contributed by atoms with van der Waals surface area (Å²) in [5, 5.41) is 9.74. The Bertz CT molecular complexity index is 1570. The van der Waals surface area contributed by atoms with Crippen molar-refractivity contribution < 1.29 is 4.79 Å². The lowest BCUT2D eigenvalue weighted by Gasteiger charge is -2.04. The van der Waals surface area contributed by atoms with Crippen LogP contribution in [0.3, 0.4) is 0 Å². The highest BCUT2D eigenvalue weighted by atomic mass is 35.5. The largest absolute Gasteiger partial charge is 0.320 e. The lowest BCUT2D eigenvalue weighted by atomic mass is 10.1. The Kier molecular flexibility index (Phi) is 5.67. The maximum absolute atomic E-state index is 13.4. The second-order valence-corrected chi connectivity index (χ2v) is 8.57. The van der Waals surface area contributed by atoms with Crippen LogP contribution < -0.4 is 0 Å². The van der Waals surface area contributed by atoms with Gasteiger partial charge in [0.1, 0.15) is 10.8 Å². The Labute approximate surface area is 202 Å². The van der Waals surface area contributed by atoms with Gasteiger partial charge >= 0.3 is 0 Å². The molecule has 0 aliphatic carbocycles. The van der Waals surface area contributed by atoms with E-state index in [9.17, 15) is 4.79 Å². The molecule has 0 radical (unpaired) electrons. The molecule has 0 saturated heterocycles. The van der Waals surface area contributed by atoms with E-state index in [1.54, 1.807) is 16.8 Å². The van der Waals surface area contributed by atoms with Gasteiger partial charge in [-0.3, -0.25) is 4.79 Å². The minimum absolute atomic E-state index is 0.133. The van der Waals surface area contributed by atoms with Crippen LogP contribution in [0.15, 0.2) is 73.3 Å². The number of rotatable bonds is 7. The molecule has 0 fully saturated rings. The maximum Gasteiger partial charge on any atom is 0.191 e. The van der Waals surface area contributed by atoms with Gasteiger partial charge in [-0.15, -0.1) is 6.58 Å². The van der Waals surface area contributed by atoms with Gasteiger partial charge in [-0.2, -0.15) is 10.2 Å². The van der Waals surface area contributed by atoms with E-state index in [0.717, 1.165) is 33.5 Å². The number of benzene rings is 2. The number of aromatic nitrogens is 5. The summed E-state index contributed by atoms with van der Waals surface area (Å²) in [6, 6.07) is 18.0. The van der Waals surface area contributed by atoms with Gasteiger partial charge in [0.25, 0.3) is 0 Å². The maximum atomic E-state index is 13.4. The number of hydrogen-bond acceptors (Lipinski definition) is 3. The van der Waals surface area contributed by atoms with Gasteiger partial charge in [-0.1, -0.05) is 60.1 Å². The van der Waals surface area contributed by atoms with Crippen LogP contribution in [0.4, 0.5) is 0 Å².